The van der Waals surface area contributed by atoms with Crippen LogP contribution in [0.25, 0.3) is 0 Å². The molecule has 2 rings (SSSR count). The van der Waals surface area contributed by atoms with E-state index in [1.165, 1.54) is 0 Å². The number of halogens is 6. The van der Waals surface area contributed by atoms with Crippen molar-refractivity contribution < 1.29 is 41.7 Å². The number of aliphatic hydroxyl groups excluding tert-OH is 1. The quantitative estimate of drug-likeness (QED) is 0.331. The number of hydrogen-bond donors (Lipinski definition) is 3. The molecule has 0 spiro atoms. The second-order valence-corrected chi connectivity index (χ2v) is 11.2. The number of alkyl halides is 6. The summed E-state index contributed by atoms with van der Waals surface area (Å²) in [6.45, 7) is 7.16. The van der Waals surface area contributed by atoms with Gasteiger partial charge in [-0.3, -0.25) is 0 Å². The van der Waals surface area contributed by atoms with Crippen molar-refractivity contribution in [2.75, 3.05) is 0 Å². The van der Waals surface area contributed by atoms with Crippen LogP contribution in [-0.4, -0.2) is 45.0 Å². The second-order valence-electron chi connectivity index (χ2n) is 11.2. The normalized spacial score (nSPS) is 30.9. The number of fused-ring (bicyclic) bond motifs is 1. The molecule has 9 heteroatoms. The van der Waals surface area contributed by atoms with E-state index in [2.05, 4.69) is 12.8 Å². The van der Waals surface area contributed by atoms with Crippen molar-refractivity contribution in [3.8, 4) is 11.8 Å². The Labute approximate surface area is 191 Å². The van der Waals surface area contributed by atoms with Crippen molar-refractivity contribution in [3.05, 3.63) is 0 Å². The summed E-state index contributed by atoms with van der Waals surface area (Å²) < 4.78 is 78.3. The lowest BCUT2D eigenvalue weighted by Gasteiger charge is -2.49. The molecule has 0 bridgehead atoms. The highest BCUT2D eigenvalue weighted by atomic mass is 19.4. The highest BCUT2D eigenvalue weighted by Gasteiger charge is 2.70. The maximum atomic E-state index is 13.1. The van der Waals surface area contributed by atoms with E-state index in [9.17, 15) is 41.7 Å². The molecule has 0 aromatic carbocycles. The Morgan fingerprint density at radius 1 is 0.909 bits per heavy atom. The molecular formula is C24H36F6O3. The van der Waals surface area contributed by atoms with Gasteiger partial charge >= 0.3 is 18.0 Å². The second kappa shape index (κ2) is 9.23. The van der Waals surface area contributed by atoms with E-state index >= 15 is 0 Å². The predicted octanol–water partition coefficient (Wildman–Crippen LogP) is 5.76. The first-order valence-corrected chi connectivity index (χ1v) is 11.5. The molecule has 3 N–H and O–H groups in total. The average molecular weight is 487 g/mol. The van der Waals surface area contributed by atoms with Crippen LogP contribution in [0.15, 0.2) is 0 Å². The summed E-state index contributed by atoms with van der Waals surface area (Å²) in [7, 11) is 0. The predicted molar refractivity (Wildman–Crippen MR) is 112 cm³/mol. The van der Waals surface area contributed by atoms with E-state index in [1.807, 2.05) is 6.92 Å². The Kier molecular flexibility index (Phi) is 7.91. The summed E-state index contributed by atoms with van der Waals surface area (Å²) in [5.74, 6) is 3.14. The molecule has 5 atom stereocenters. The zero-order chi connectivity index (χ0) is 25.5. The van der Waals surface area contributed by atoms with Gasteiger partial charge in [-0.1, -0.05) is 32.6 Å². The van der Waals surface area contributed by atoms with Crippen molar-refractivity contribution >= 4 is 0 Å². The van der Waals surface area contributed by atoms with Gasteiger partial charge in [-0.05, 0) is 81.0 Å². The molecule has 0 aliphatic heterocycles. The van der Waals surface area contributed by atoms with Gasteiger partial charge in [-0.2, -0.15) is 26.3 Å². The zero-order valence-corrected chi connectivity index (χ0v) is 19.7. The standard InChI is InChI=1S/C24H36F6O3/c1-19(2,32)11-6-12-20(3,13-7-15-22(33,23(25,26)27)24(28,29)30)18-10-9-16-17(31)8-5-14-21(16,18)4/h16-18,31-33H,5-6,8-14H2,1-4H3/t16?,17-,18+,20?,21-/m0/s1. The first-order valence-electron chi connectivity index (χ1n) is 11.5. The van der Waals surface area contributed by atoms with Gasteiger partial charge in [0.1, 0.15) is 0 Å². The third-order valence-electron chi connectivity index (χ3n) is 8.05. The van der Waals surface area contributed by atoms with Crippen LogP contribution in [0.5, 0.6) is 0 Å². The number of rotatable bonds is 6. The van der Waals surface area contributed by atoms with Gasteiger partial charge in [-0.15, -0.1) is 0 Å². The average Bonchev–Trinajstić information content (AvgIpc) is 2.97. The van der Waals surface area contributed by atoms with Crippen LogP contribution in [0, 0.1) is 34.5 Å². The van der Waals surface area contributed by atoms with Crippen LogP contribution in [0.1, 0.15) is 85.5 Å². The van der Waals surface area contributed by atoms with Crippen LogP contribution in [-0.2, 0) is 0 Å². The van der Waals surface area contributed by atoms with Crippen LogP contribution < -0.4 is 0 Å². The fraction of sp³-hybridized carbons (Fsp3) is 0.917. The zero-order valence-electron chi connectivity index (χ0n) is 19.7. The van der Waals surface area contributed by atoms with Crippen molar-refractivity contribution in [1.29, 1.82) is 0 Å². The molecule has 192 valence electrons. The highest BCUT2D eigenvalue weighted by Crippen LogP contribution is 2.62. The largest absolute Gasteiger partial charge is 0.438 e. The van der Waals surface area contributed by atoms with Gasteiger partial charge in [0.25, 0.3) is 0 Å². The number of aliphatic hydroxyl groups is 3. The van der Waals surface area contributed by atoms with Crippen molar-refractivity contribution in [2.24, 2.45) is 22.7 Å². The van der Waals surface area contributed by atoms with Crippen LogP contribution in [0.2, 0.25) is 0 Å². The fourth-order valence-corrected chi connectivity index (χ4v) is 6.28. The van der Waals surface area contributed by atoms with Gasteiger partial charge in [-0.25, -0.2) is 0 Å². The first kappa shape index (κ1) is 28.3. The summed E-state index contributed by atoms with van der Waals surface area (Å²) in [6.07, 6.45) is -7.55. The molecule has 0 aromatic rings. The van der Waals surface area contributed by atoms with Crippen molar-refractivity contribution in [3.63, 3.8) is 0 Å². The van der Waals surface area contributed by atoms with Gasteiger partial charge in [0.15, 0.2) is 0 Å². The molecular weight excluding hydrogens is 450 g/mol. The van der Waals surface area contributed by atoms with E-state index < -0.39 is 35.1 Å². The summed E-state index contributed by atoms with van der Waals surface area (Å²) in [6, 6.07) is 0. The van der Waals surface area contributed by atoms with E-state index in [1.54, 1.807) is 13.8 Å². The smallest absolute Gasteiger partial charge is 0.393 e. The van der Waals surface area contributed by atoms with Gasteiger partial charge in [0.2, 0.25) is 0 Å². The lowest BCUT2D eigenvalue weighted by molar-refractivity contribution is -0.343. The van der Waals surface area contributed by atoms with Crippen molar-refractivity contribution in [1.82, 2.24) is 0 Å². The molecule has 2 aliphatic carbocycles. The van der Waals surface area contributed by atoms with E-state index in [0.29, 0.717) is 32.1 Å². The summed E-state index contributed by atoms with van der Waals surface area (Å²) in [5.41, 5.74) is -7.08. The minimum Gasteiger partial charge on any atom is -0.393 e. The Morgan fingerprint density at radius 2 is 1.48 bits per heavy atom. The molecule has 0 heterocycles. The van der Waals surface area contributed by atoms with Crippen LogP contribution in [0.3, 0.4) is 0 Å². The molecule has 2 saturated carbocycles. The maximum absolute atomic E-state index is 13.1. The van der Waals surface area contributed by atoms with Crippen molar-refractivity contribution in [2.45, 2.75) is 115 Å². The Morgan fingerprint density at radius 3 is 2.00 bits per heavy atom. The van der Waals surface area contributed by atoms with E-state index in [0.717, 1.165) is 25.2 Å². The monoisotopic (exact) mass is 486 g/mol. The molecule has 2 unspecified atom stereocenters. The summed E-state index contributed by atoms with van der Waals surface area (Å²) in [4.78, 5) is 0. The SMILES string of the molecule is CC(C)(O)CCCC(C)(CC#CC(O)(C(F)(F)F)C(F)(F)F)[C@H]1CCC2[C@@H](O)CCC[C@@]21C. The number of hydrogen-bond acceptors (Lipinski definition) is 3. The molecule has 2 aliphatic rings. The van der Waals surface area contributed by atoms with Gasteiger partial charge < -0.3 is 15.3 Å². The summed E-state index contributed by atoms with van der Waals surface area (Å²) >= 11 is 0. The third-order valence-corrected chi connectivity index (χ3v) is 8.05. The topological polar surface area (TPSA) is 60.7 Å². The maximum Gasteiger partial charge on any atom is 0.438 e. The van der Waals surface area contributed by atoms with Crippen LogP contribution >= 0.6 is 0 Å². The molecule has 0 aromatic heterocycles. The molecule has 2 fully saturated rings. The molecule has 0 radical (unpaired) electrons. The lowest BCUT2D eigenvalue weighted by Crippen LogP contribution is -2.55. The minimum absolute atomic E-state index is 0.0279. The minimum atomic E-state index is -5.98. The molecule has 0 saturated heterocycles. The Bertz CT molecular complexity index is 731. The highest BCUT2D eigenvalue weighted by molar-refractivity contribution is 5.22. The molecule has 0 amide bonds. The van der Waals surface area contributed by atoms with Crippen LogP contribution in [0.4, 0.5) is 26.3 Å². The third kappa shape index (κ3) is 5.82. The van der Waals surface area contributed by atoms with E-state index in [4.69, 9.17) is 0 Å². The fourth-order valence-electron chi connectivity index (χ4n) is 6.28. The van der Waals surface area contributed by atoms with E-state index in [-0.39, 0.29) is 23.7 Å². The lowest BCUT2D eigenvalue weighted by atomic mass is 9.56. The summed E-state index contributed by atoms with van der Waals surface area (Å²) in [5, 5.41) is 30.0. The first-order chi connectivity index (χ1) is 14.8. The Balaban J connectivity index is 2.39. The molecule has 3 nitrogen and oxygen atoms in total. The molecule has 33 heavy (non-hydrogen) atoms. The Hall–Kier alpha value is -0.980. The van der Waals surface area contributed by atoms with Gasteiger partial charge in [0, 0.05) is 6.42 Å². The van der Waals surface area contributed by atoms with Gasteiger partial charge in [0.05, 0.1) is 11.7 Å².